The minimum atomic E-state index is -4.62. The first-order valence-electron chi connectivity index (χ1n) is 5.41. The maximum atomic E-state index is 12.9. The molecule has 0 atom stereocenters. The second kappa shape index (κ2) is 5.09. The fourth-order valence-corrected chi connectivity index (χ4v) is 1.52. The molecule has 20 heavy (non-hydrogen) atoms. The molecule has 0 fully saturated rings. The van der Waals surface area contributed by atoms with Crippen LogP contribution in [0.5, 0.6) is 11.6 Å². The number of aromatic nitrogens is 1. The lowest BCUT2D eigenvalue weighted by Crippen LogP contribution is -2.08. The third-order valence-corrected chi connectivity index (χ3v) is 2.41. The van der Waals surface area contributed by atoms with Gasteiger partial charge in [-0.05, 0) is 30.3 Å². The normalized spacial score (nSPS) is 10.9. The molecule has 0 spiro atoms. The molecule has 2 rings (SSSR count). The highest BCUT2D eigenvalue weighted by molar-refractivity contribution is 5.51. The van der Waals surface area contributed by atoms with Gasteiger partial charge in [0.25, 0.3) is 0 Å². The summed E-state index contributed by atoms with van der Waals surface area (Å²) in [6.45, 7) is 0. The van der Waals surface area contributed by atoms with Gasteiger partial charge in [0.05, 0.1) is 0 Å². The molecule has 0 bridgehead atoms. The molecule has 2 aromatic rings. The average Bonchev–Trinajstić information content (AvgIpc) is 2.40. The largest absolute Gasteiger partial charge is 0.437 e. The number of pyridine rings is 1. The van der Waals surface area contributed by atoms with Crippen molar-refractivity contribution in [1.82, 2.24) is 4.98 Å². The number of nitrogen functional groups attached to an aromatic ring is 1. The third-order valence-electron chi connectivity index (χ3n) is 2.41. The molecule has 0 aliphatic rings. The van der Waals surface area contributed by atoms with E-state index in [0.717, 1.165) is 12.1 Å². The number of rotatable bonds is 2. The van der Waals surface area contributed by atoms with E-state index < -0.39 is 17.5 Å². The van der Waals surface area contributed by atoms with Crippen LogP contribution in [0, 0.1) is 11.3 Å². The predicted molar refractivity (Wildman–Crippen MR) is 64.9 cm³/mol. The van der Waals surface area contributed by atoms with E-state index in [1.54, 1.807) is 6.07 Å². The van der Waals surface area contributed by atoms with Crippen LogP contribution < -0.4 is 10.5 Å². The topological polar surface area (TPSA) is 71.9 Å². The number of hydrogen-bond donors (Lipinski definition) is 1. The molecule has 0 saturated carbocycles. The van der Waals surface area contributed by atoms with Gasteiger partial charge < -0.3 is 10.5 Å². The molecule has 0 radical (unpaired) electrons. The van der Waals surface area contributed by atoms with Crippen molar-refractivity contribution in [1.29, 1.82) is 5.26 Å². The molecule has 7 heteroatoms. The monoisotopic (exact) mass is 279 g/mol. The molecule has 1 heterocycles. The summed E-state index contributed by atoms with van der Waals surface area (Å²) in [5.41, 5.74) is 4.33. The summed E-state index contributed by atoms with van der Waals surface area (Å²) in [5, 5.41) is 8.86. The van der Waals surface area contributed by atoms with Gasteiger partial charge >= 0.3 is 6.18 Å². The summed E-state index contributed by atoms with van der Waals surface area (Å²) in [6, 6.07) is 7.81. The van der Waals surface area contributed by atoms with Crippen LogP contribution in [-0.4, -0.2) is 4.98 Å². The number of alkyl halides is 3. The zero-order valence-corrected chi connectivity index (χ0v) is 9.98. The Hall–Kier alpha value is -2.75. The summed E-state index contributed by atoms with van der Waals surface area (Å²) in [7, 11) is 0. The molecule has 0 aliphatic carbocycles. The fraction of sp³-hybridized carbons (Fsp3) is 0.0769. The van der Waals surface area contributed by atoms with Gasteiger partial charge in [0.2, 0.25) is 5.88 Å². The zero-order valence-electron chi connectivity index (χ0n) is 9.98. The van der Waals surface area contributed by atoms with E-state index in [1.807, 2.05) is 0 Å². The Bertz CT molecular complexity index is 677. The highest BCUT2D eigenvalue weighted by atomic mass is 19.4. The summed E-state index contributed by atoms with van der Waals surface area (Å²) in [4.78, 5) is 3.75. The van der Waals surface area contributed by atoms with E-state index in [1.165, 1.54) is 24.4 Å². The Balaban J connectivity index is 2.47. The highest BCUT2D eigenvalue weighted by Gasteiger charge is 2.35. The number of ether oxygens (including phenoxy) is 1. The first-order valence-corrected chi connectivity index (χ1v) is 5.41. The van der Waals surface area contributed by atoms with Gasteiger partial charge in [-0.1, -0.05) is 0 Å². The molecule has 0 unspecified atom stereocenters. The molecular formula is C13H8F3N3O. The Kier molecular flexibility index (Phi) is 3.48. The van der Waals surface area contributed by atoms with Crippen molar-refractivity contribution < 1.29 is 17.9 Å². The Morgan fingerprint density at radius 3 is 2.65 bits per heavy atom. The van der Waals surface area contributed by atoms with Crippen molar-refractivity contribution in [2.75, 3.05) is 5.73 Å². The number of anilines is 1. The van der Waals surface area contributed by atoms with Gasteiger partial charge in [-0.25, -0.2) is 4.98 Å². The van der Waals surface area contributed by atoms with E-state index in [-0.39, 0.29) is 17.1 Å². The van der Waals surface area contributed by atoms with Crippen LogP contribution in [0.25, 0.3) is 0 Å². The fourth-order valence-electron chi connectivity index (χ4n) is 1.52. The first-order chi connectivity index (χ1) is 9.41. The van der Waals surface area contributed by atoms with Gasteiger partial charge in [-0.3, -0.25) is 0 Å². The number of nitrogens with zero attached hydrogens (tertiary/aromatic N) is 2. The van der Waals surface area contributed by atoms with Crippen LogP contribution in [-0.2, 0) is 6.18 Å². The van der Waals surface area contributed by atoms with Crippen molar-refractivity contribution in [2.45, 2.75) is 6.18 Å². The molecule has 1 aromatic heterocycles. The number of benzene rings is 1. The first kappa shape index (κ1) is 13.7. The van der Waals surface area contributed by atoms with E-state index >= 15 is 0 Å². The Labute approximate surface area is 112 Å². The summed E-state index contributed by atoms with van der Waals surface area (Å²) in [6.07, 6.45) is -3.30. The van der Waals surface area contributed by atoms with Crippen molar-refractivity contribution in [3.63, 3.8) is 0 Å². The minimum Gasteiger partial charge on any atom is -0.437 e. The van der Waals surface area contributed by atoms with Crippen molar-refractivity contribution >= 4 is 5.69 Å². The Morgan fingerprint density at radius 2 is 2.00 bits per heavy atom. The lowest BCUT2D eigenvalue weighted by Gasteiger charge is -2.14. The Morgan fingerprint density at radius 1 is 1.25 bits per heavy atom. The zero-order chi connectivity index (χ0) is 14.8. The standard InChI is InChI=1S/C13H8F3N3O/c14-13(15,16)10-6-9(18)3-4-11(10)20-12-8(7-17)2-1-5-19-12/h1-6H,18H2. The van der Waals surface area contributed by atoms with Crippen LogP contribution in [0.2, 0.25) is 0 Å². The van der Waals surface area contributed by atoms with E-state index in [2.05, 4.69) is 4.98 Å². The van der Waals surface area contributed by atoms with Gasteiger partial charge in [-0.2, -0.15) is 18.4 Å². The maximum Gasteiger partial charge on any atom is 0.420 e. The molecule has 0 amide bonds. The lowest BCUT2D eigenvalue weighted by atomic mass is 10.1. The van der Waals surface area contributed by atoms with Crippen molar-refractivity contribution in [2.24, 2.45) is 0 Å². The minimum absolute atomic E-state index is 0.0359. The number of hydrogen-bond acceptors (Lipinski definition) is 4. The van der Waals surface area contributed by atoms with Crippen LogP contribution >= 0.6 is 0 Å². The van der Waals surface area contributed by atoms with Crippen LogP contribution in [0.15, 0.2) is 36.5 Å². The summed E-state index contributed by atoms with van der Waals surface area (Å²) in [5.74, 6) is -0.646. The quantitative estimate of drug-likeness (QED) is 0.856. The van der Waals surface area contributed by atoms with E-state index in [9.17, 15) is 13.2 Å². The van der Waals surface area contributed by atoms with E-state index in [4.69, 9.17) is 15.7 Å². The van der Waals surface area contributed by atoms with Crippen molar-refractivity contribution in [3.05, 3.63) is 47.7 Å². The second-order valence-corrected chi connectivity index (χ2v) is 3.82. The molecule has 0 aliphatic heterocycles. The molecule has 4 nitrogen and oxygen atoms in total. The number of nitriles is 1. The van der Waals surface area contributed by atoms with Crippen molar-refractivity contribution in [3.8, 4) is 17.7 Å². The summed E-state index contributed by atoms with van der Waals surface area (Å²) >= 11 is 0. The van der Waals surface area contributed by atoms with Gasteiger partial charge in [-0.15, -0.1) is 0 Å². The maximum absolute atomic E-state index is 12.9. The lowest BCUT2D eigenvalue weighted by molar-refractivity contribution is -0.138. The third kappa shape index (κ3) is 2.80. The molecular weight excluding hydrogens is 271 g/mol. The SMILES string of the molecule is N#Cc1cccnc1Oc1ccc(N)cc1C(F)(F)F. The molecule has 102 valence electrons. The van der Waals surface area contributed by atoms with Crippen LogP contribution in [0.4, 0.5) is 18.9 Å². The smallest absolute Gasteiger partial charge is 0.420 e. The molecule has 0 saturated heterocycles. The molecule has 1 aromatic carbocycles. The molecule has 2 N–H and O–H groups in total. The van der Waals surface area contributed by atoms with Gasteiger partial charge in [0.1, 0.15) is 22.9 Å². The van der Waals surface area contributed by atoms with Gasteiger partial charge in [0, 0.05) is 11.9 Å². The predicted octanol–water partition coefficient (Wildman–Crippen LogP) is 3.35. The average molecular weight is 279 g/mol. The van der Waals surface area contributed by atoms with Gasteiger partial charge in [0.15, 0.2) is 0 Å². The second-order valence-electron chi connectivity index (χ2n) is 3.82. The van der Waals surface area contributed by atoms with E-state index in [0.29, 0.717) is 0 Å². The number of halogens is 3. The van der Waals surface area contributed by atoms with Crippen LogP contribution in [0.1, 0.15) is 11.1 Å². The number of nitrogens with two attached hydrogens (primary N) is 1. The summed E-state index contributed by atoms with van der Waals surface area (Å²) < 4.78 is 43.8. The van der Waals surface area contributed by atoms with Crippen LogP contribution in [0.3, 0.4) is 0 Å². The highest BCUT2D eigenvalue weighted by Crippen LogP contribution is 2.39.